The molecule has 0 spiro atoms. The third-order valence-corrected chi connectivity index (χ3v) is 4.14. The van der Waals surface area contributed by atoms with Gasteiger partial charge >= 0.3 is 6.03 Å². The van der Waals surface area contributed by atoms with Gasteiger partial charge in [-0.2, -0.15) is 0 Å². The van der Waals surface area contributed by atoms with Crippen molar-refractivity contribution in [2.45, 2.75) is 33.4 Å². The third kappa shape index (κ3) is 4.35. The highest BCUT2D eigenvalue weighted by Crippen LogP contribution is 2.19. The van der Waals surface area contributed by atoms with Crippen LogP contribution in [0.3, 0.4) is 0 Å². The first-order valence-corrected chi connectivity index (χ1v) is 8.12. The van der Waals surface area contributed by atoms with Crippen molar-refractivity contribution in [3.8, 4) is 0 Å². The standard InChI is InChI=1S/C18H26N4O2/c1-13-5-6-16(14(2)11-13)15(3)20-18(24)22(9-10-23)12-17-19-7-8-21(17)4/h5-8,11,15,23H,9-10,12H2,1-4H3,(H,20,24)/t15-/m0/s1. The molecular weight excluding hydrogens is 304 g/mol. The lowest BCUT2D eigenvalue weighted by Gasteiger charge is -2.25. The number of benzene rings is 1. The Balaban J connectivity index is 2.07. The molecule has 0 saturated heterocycles. The molecule has 0 radical (unpaired) electrons. The second-order valence-corrected chi connectivity index (χ2v) is 6.13. The van der Waals surface area contributed by atoms with Gasteiger partial charge in [-0.05, 0) is 31.9 Å². The monoisotopic (exact) mass is 330 g/mol. The largest absolute Gasteiger partial charge is 0.395 e. The van der Waals surface area contributed by atoms with Crippen molar-refractivity contribution < 1.29 is 9.90 Å². The van der Waals surface area contributed by atoms with E-state index >= 15 is 0 Å². The van der Waals surface area contributed by atoms with Crippen molar-refractivity contribution in [2.24, 2.45) is 7.05 Å². The van der Waals surface area contributed by atoms with E-state index in [9.17, 15) is 9.90 Å². The number of imidazole rings is 1. The van der Waals surface area contributed by atoms with Gasteiger partial charge in [0, 0.05) is 26.0 Å². The van der Waals surface area contributed by atoms with Crippen LogP contribution in [0.25, 0.3) is 0 Å². The molecule has 1 aromatic carbocycles. The SMILES string of the molecule is Cc1ccc([C@H](C)NC(=O)N(CCO)Cc2nccn2C)c(C)c1. The normalized spacial score (nSPS) is 12.0. The third-order valence-electron chi connectivity index (χ3n) is 4.14. The lowest BCUT2D eigenvalue weighted by atomic mass is 10.0. The van der Waals surface area contributed by atoms with Gasteiger partial charge in [-0.15, -0.1) is 0 Å². The zero-order valence-electron chi connectivity index (χ0n) is 14.8. The van der Waals surface area contributed by atoms with E-state index in [-0.39, 0.29) is 25.2 Å². The lowest BCUT2D eigenvalue weighted by molar-refractivity contribution is 0.169. The van der Waals surface area contributed by atoms with Gasteiger partial charge in [-0.1, -0.05) is 23.8 Å². The van der Waals surface area contributed by atoms with Gasteiger partial charge in [0.2, 0.25) is 0 Å². The van der Waals surface area contributed by atoms with E-state index in [2.05, 4.69) is 23.3 Å². The van der Waals surface area contributed by atoms with E-state index in [1.807, 2.05) is 43.8 Å². The van der Waals surface area contributed by atoms with E-state index in [1.54, 1.807) is 11.1 Å². The molecule has 1 heterocycles. The smallest absolute Gasteiger partial charge is 0.318 e. The Bertz CT molecular complexity index is 696. The minimum atomic E-state index is -0.209. The van der Waals surface area contributed by atoms with Crippen LogP contribution in [0.1, 0.15) is 35.5 Å². The quantitative estimate of drug-likeness (QED) is 0.854. The Labute approximate surface area is 143 Å². The maximum absolute atomic E-state index is 12.6. The molecule has 0 aliphatic carbocycles. The van der Waals surface area contributed by atoms with Crippen molar-refractivity contribution in [1.82, 2.24) is 19.8 Å². The highest BCUT2D eigenvalue weighted by Gasteiger charge is 2.19. The van der Waals surface area contributed by atoms with Gasteiger partial charge < -0.3 is 19.9 Å². The highest BCUT2D eigenvalue weighted by molar-refractivity contribution is 5.74. The first-order chi connectivity index (χ1) is 11.4. The van der Waals surface area contributed by atoms with Gasteiger partial charge in [-0.25, -0.2) is 9.78 Å². The van der Waals surface area contributed by atoms with Crippen molar-refractivity contribution >= 4 is 6.03 Å². The molecule has 0 aliphatic rings. The number of nitrogens with zero attached hydrogens (tertiary/aromatic N) is 3. The number of nitrogens with one attached hydrogen (secondary N) is 1. The fourth-order valence-electron chi connectivity index (χ4n) is 2.76. The molecule has 1 atom stereocenters. The van der Waals surface area contributed by atoms with E-state index < -0.39 is 0 Å². The van der Waals surface area contributed by atoms with Gasteiger partial charge in [0.15, 0.2) is 0 Å². The first-order valence-electron chi connectivity index (χ1n) is 8.12. The maximum atomic E-state index is 12.6. The van der Waals surface area contributed by atoms with Crippen molar-refractivity contribution in [3.63, 3.8) is 0 Å². The molecule has 0 saturated carbocycles. The average Bonchev–Trinajstić information content (AvgIpc) is 2.91. The second kappa shape index (κ2) is 7.97. The number of aliphatic hydroxyl groups excluding tert-OH is 1. The van der Waals surface area contributed by atoms with Gasteiger partial charge in [0.1, 0.15) is 5.82 Å². The van der Waals surface area contributed by atoms with Crippen molar-refractivity contribution in [3.05, 3.63) is 53.1 Å². The molecular formula is C18H26N4O2. The Hall–Kier alpha value is -2.34. The number of aliphatic hydroxyl groups is 1. The predicted octanol–water partition coefficient (Wildman–Crippen LogP) is 2.30. The molecule has 0 unspecified atom stereocenters. The molecule has 6 heteroatoms. The van der Waals surface area contributed by atoms with Crippen LogP contribution < -0.4 is 5.32 Å². The number of urea groups is 1. The minimum absolute atomic E-state index is 0.0875. The van der Waals surface area contributed by atoms with Crippen LogP contribution in [0.5, 0.6) is 0 Å². The fourth-order valence-corrected chi connectivity index (χ4v) is 2.76. The minimum Gasteiger partial charge on any atom is -0.395 e. The van der Waals surface area contributed by atoms with Gasteiger partial charge in [0.25, 0.3) is 0 Å². The van der Waals surface area contributed by atoms with Gasteiger partial charge in [-0.3, -0.25) is 0 Å². The number of carbonyl (C=O) groups is 1. The summed E-state index contributed by atoms with van der Waals surface area (Å²) < 4.78 is 1.87. The number of carbonyl (C=O) groups excluding carboxylic acids is 1. The summed E-state index contributed by atoms with van der Waals surface area (Å²) in [5, 5.41) is 12.3. The summed E-state index contributed by atoms with van der Waals surface area (Å²) in [5.41, 5.74) is 3.45. The zero-order valence-corrected chi connectivity index (χ0v) is 14.8. The molecule has 2 N–H and O–H groups in total. The van der Waals surface area contributed by atoms with Crippen LogP contribution in [0.4, 0.5) is 4.79 Å². The number of hydrogen-bond donors (Lipinski definition) is 2. The summed E-state index contributed by atoms with van der Waals surface area (Å²) in [4.78, 5) is 18.4. The molecule has 0 bridgehead atoms. The van der Waals surface area contributed by atoms with Crippen LogP contribution in [0.2, 0.25) is 0 Å². The maximum Gasteiger partial charge on any atom is 0.318 e. The molecule has 0 fully saturated rings. The molecule has 130 valence electrons. The molecule has 2 aromatic rings. The van der Waals surface area contributed by atoms with Crippen LogP contribution in [0.15, 0.2) is 30.6 Å². The predicted molar refractivity (Wildman–Crippen MR) is 93.6 cm³/mol. The van der Waals surface area contributed by atoms with E-state index in [0.717, 1.165) is 17.0 Å². The Kier molecular flexibility index (Phi) is 5.98. The Morgan fingerprint density at radius 3 is 2.75 bits per heavy atom. The topological polar surface area (TPSA) is 70.4 Å². The van der Waals surface area contributed by atoms with E-state index in [1.165, 1.54) is 5.56 Å². The Morgan fingerprint density at radius 2 is 2.17 bits per heavy atom. The summed E-state index contributed by atoms with van der Waals surface area (Å²) in [6, 6.07) is 5.88. The highest BCUT2D eigenvalue weighted by atomic mass is 16.3. The van der Waals surface area contributed by atoms with Crippen LogP contribution in [0, 0.1) is 13.8 Å². The summed E-state index contributed by atoms with van der Waals surface area (Å²) >= 11 is 0. The van der Waals surface area contributed by atoms with E-state index in [0.29, 0.717) is 6.54 Å². The number of aryl methyl sites for hydroxylation is 3. The number of rotatable bonds is 6. The van der Waals surface area contributed by atoms with Crippen LogP contribution in [-0.4, -0.2) is 38.7 Å². The first kappa shape index (κ1) is 18.0. The number of amides is 2. The summed E-state index contributed by atoms with van der Waals surface area (Å²) in [6.07, 6.45) is 3.53. The lowest BCUT2D eigenvalue weighted by Crippen LogP contribution is -2.42. The number of hydrogen-bond acceptors (Lipinski definition) is 3. The molecule has 2 rings (SSSR count). The Morgan fingerprint density at radius 1 is 1.42 bits per heavy atom. The van der Waals surface area contributed by atoms with Crippen LogP contribution >= 0.6 is 0 Å². The fraction of sp³-hybridized carbons (Fsp3) is 0.444. The van der Waals surface area contributed by atoms with Crippen molar-refractivity contribution in [1.29, 1.82) is 0 Å². The molecule has 2 amide bonds. The number of aromatic nitrogens is 2. The van der Waals surface area contributed by atoms with E-state index in [4.69, 9.17) is 0 Å². The molecule has 6 nitrogen and oxygen atoms in total. The van der Waals surface area contributed by atoms with Crippen molar-refractivity contribution in [2.75, 3.05) is 13.2 Å². The molecule has 0 aliphatic heterocycles. The zero-order chi connectivity index (χ0) is 17.7. The molecule has 1 aromatic heterocycles. The summed E-state index contributed by atoms with van der Waals surface area (Å²) in [6.45, 7) is 6.59. The average molecular weight is 330 g/mol. The summed E-state index contributed by atoms with van der Waals surface area (Å²) in [7, 11) is 1.88. The van der Waals surface area contributed by atoms with Crippen LogP contribution in [-0.2, 0) is 13.6 Å². The molecule has 24 heavy (non-hydrogen) atoms. The summed E-state index contributed by atoms with van der Waals surface area (Å²) in [5.74, 6) is 0.776. The van der Waals surface area contributed by atoms with Gasteiger partial charge in [0.05, 0.1) is 19.2 Å². The second-order valence-electron chi connectivity index (χ2n) is 6.13.